The van der Waals surface area contributed by atoms with Crippen molar-refractivity contribution in [2.24, 2.45) is 0 Å². The van der Waals surface area contributed by atoms with Gasteiger partial charge in [-0.05, 0) is 43.0 Å². The van der Waals surface area contributed by atoms with Crippen LogP contribution in [0.4, 0.5) is 11.4 Å². The molecular formula is C22H24N2O5. The van der Waals surface area contributed by atoms with Crippen LogP contribution in [0.25, 0.3) is 6.08 Å². The number of para-hydroxylation sites is 2. The molecule has 0 saturated carbocycles. The highest BCUT2D eigenvalue weighted by molar-refractivity contribution is 5.97. The van der Waals surface area contributed by atoms with Crippen molar-refractivity contribution in [3.63, 3.8) is 0 Å². The summed E-state index contributed by atoms with van der Waals surface area (Å²) in [5.74, 6) is -0.999. The van der Waals surface area contributed by atoms with Crippen LogP contribution in [0.3, 0.4) is 0 Å². The molecule has 7 heteroatoms. The number of benzene rings is 2. The minimum Gasteiger partial charge on any atom is -0.449 e. The zero-order valence-corrected chi connectivity index (χ0v) is 16.8. The number of carbonyl (C=O) groups is 2. The van der Waals surface area contributed by atoms with Gasteiger partial charge in [0.15, 0.2) is 6.10 Å². The van der Waals surface area contributed by atoms with Gasteiger partial charge in [-0.2, -0.15) is 0 Å². The summed E-state index contributed by atoms with van der Waals surface area (Å²) in [6.45, 7) is 7.43. The summed E-state index contributed by atoms with van der Waals surface area (Å²) in [5, 5.41) is 13.8. The summed E-state index contributed by atoms with van der Waals surface area (Å²) in [4.78, 5) is 35.0. The fourth-order valence-corrected chi connectivity index (χ4v) is 2.79. The lowest BCUT2D eigenvalue weighted by atomic mass is 9.98. The number of hydrogen-bond acceptors (Lipinski definition) is 5. The summed E-state index contributed by atoms with van der Waals surface area (Å²) in [5.41, 5.74) is 2.77. The van der Waals surface area contributed by atoms with Crippen molar-refractivity contribution < 1.29 is 19.2 Å². The van der Waals surface area contributed by atoms with Gasteiger partial charge < -0.3 is 10.1 Å². The number of ether oxygens (including phenoxy) is 1. The van der Waals surface area contributed by atoms with Gasteiger partial charge in [0.1, 0.15) is 0 Å². The Bertz CT molecular complexity index is 950. The number of anilines is 1. The van der Waals surface area contributed by atoms with Crippen molar-refractivity contribution in [1.29, 1.82) is 0 Å². The topological polar surface area (TPSA) is 98.5 Å². The second kappa shape index (κ2) is 9.64. The van der Waals surface area contributed by atoms with Crippen molar-refractivity contribution in [2.45, 2.75) is 39.7 Å². The highest BCUT2D eigenvalue weighted by Gasteiger charge is 2.20. The Morgan fingerprint density at radius 1 is 1.10 bits per heavy atom. The van der Waals surface area contributed by atoms with Gasteiger partial charge in [-0.3, -0.25) is 14.9 Å². The van der Waals surface area contributed by atoms with Crippen LogP contribution in [0.1, 0.15) is 43.4 Å². The molecule has 2 aromatic rings. The third-order valence-corrected chi connectivity index (χ3v) is 4.37. The maximum Gasteiger partial charge on any atom is 0.331 e. The van der Waals surface area contributed by atoms with Crippen LogP contribution < -0.4 is 5.32 Å². The van der Waals surface area contributed by atoms with Crippen molar-refractivity contribution in [3.05, 3.63) is 75.3 Å². The van der Waals surface area contributed by atoms with Crippen molar-refractivity contribution in [2.75, 3.05) is 5.32 Å². The Balaban J connectivity index is 2.05. The van der Waals surface area contributed by atoms with Crippen LogP contribution in [0.15, 0.2) is 48.5 Å². The fraction of sp³-hybridized carbons (Fsp3) is 0.273. The molecule has 2 aromatic carbocycles. The monoisotopic (exact) mass is 396 g/mol. The molecule has 0 aliphatic carbocycles. The van der Waals surface area contributed by atoms with Crippen molar-refractivity contribution in [3.8, 4) is 0 Å². The van der Waals surface area contributed by atoms with Crippen molar-refractivity contribution in [1.82, 2.24) is 0 Å². The maximum atomic E-state index is 12.5. The Labute approximate surface area is 169 Å². The van der Waals surface area contributed by atoms with Gasteiger partial charge in [0.2, 0.25) is 0 Å². The molecule has 0 saturated heterocycles. The molecule has 0 fully saturated rings. The first kappa shape index (κ1) is 21.8. The van der Waals surface area contributed by atoms with Gasteiger partial charge in [-0.15, -0.1) is 0 Å². The molecule has 29 heavy (non-hydrogen) atoms. The van der Waals surface area contributed by atoms with Gasteiger partial charge in [0.25, 0.3) is 11.6 Å². The van der Waals surface area contributed by atoms with E-state index in [9.17, 15) is 19.7 Å². The third kappa shape index (κ3) is 5.75. The standard InChI is InChI=1S/C22H24N2O5/c1-14(2)18-10-7-8-15(3)21(18)23-22(26)16(4)29-20(25)13-12-17-9-5-6-11-19(17)24(27)28/h5-14,16H,1-4H3,(H,23,26)/b13-12+/t16-/m1/s1. The lowest BCUT2D eigenvalue weighted by Gasteiger charge is -2.18. The number of nitro benzene ring substituents is 1. The quantitative estimate of drug-likeness (QED) is 0.319. The Morgan fingerprint density at radius 2 is 1.79 bits per heavy atom. The third-order valence-electron chi connectivity index (χ3n) is 4.37. The van der Waals surface area contributed by atoms with E-state index in [1.54, 1.807) is 6.07 Å². The van der Waals surface area contributed by atoms with E-state index in [-0.39, 0.29) is 17.2 Å². The van der Waals surface area contributed by atoms with E-state index < -0.39 is 22.9 Å². The smallest absolute Gasteiger partial charge is 0.331 e. The number of amides is 1. The molecular weight excluding hydrogens is 372 g/mol. The van der Waals surface area contributed by atoms with Gasteiger partial charge in [-0.1, -0.05) is 44.2 Å². The first-order valence-electron chi connectivity index (χ1n) is 9.23. The van der Waals surface area contributed by atoms with Crippen LogP contribution in [0, 0.1) is 17.0 Å². The van der Waals surface area contributed by atoms with Crippen molar-refractivity contribution >= 4 is 29.3 Å². The molecule has 1 N–H and O–H groups in total. The predicted molar refractivity (Wildman–Crippen MR) is 112 cm³/mol. The molecule has 0 bridgehead atoms. The van der Waals surface area contributed by atoms with E-state index in [4.69, 9.17) is 4.74 Å². The molecule has 0 radical (unpaired) electrons. The van der Waals surface area contributed by atoms with Gasteiger partial charge in [-0.25, -0.2) is 4.79 Å². The maximum absolute atomic E-state index is 12.5. The van der Waals surface area contributed by atoms with Crippen LogP contribution in [-0.4, -0.2) is 22.9 Å². The number of hydrogen-bond donors (Lipinski definition) is 1. The second-order valence-electron chi connectivity index (χ2n) is 6.91. The second-order valence-corrected chi connectivity index (χ2v) is 6.91. The zero-order valence-electron chi connectivity index (χ0n) is 16.8. The number of carbonyl (C=O) groups excluding carboxylic acids is 2. The number of aryl methyl sites for hydroxylation is 1. The SMILES string of the molecule is Cc1cccc(C(C)C)c1NC(=O)[C@@H](C)OC(=O)/C=C/c1ccccc1[N+](=O)[O-]. The summed E-state index contributed by atoms with van der Waals surface area (Å²) < 4.78 is 5.14. The van der Waals surface area contributed by atoms with Crippen LogP contribution in [0.2, 0.25) is 0 Å². The van der Waals surface area contributed by atoms with Crippen LogP contribution >= 0.6 is 0 Å². The van der Waals surface area contributed by atoms with E-state index in [0.717, 1.165) is 17.2 Å². The lowest BCUT2D eigenvalue weighted by Crippen LogP contribution is -2.30. The summed E-state index contributed by atoms with van der Waals surface area (Å²) in [6.07, 6.45) is 1.33. The predicted octanol–water partition coefficient (Wildman–Crippen LogP) is 4.61. The molecule has 152 valence electrons. The summed E-state index contributed by atoms with van der Waals surface area (Å²) in [7, 11) is 0. The van der Waals surface area contributed by atoms with Crippen LogP contribution in [-0.2, 0) is 14.3 Å². The Kier molecular flexibility index (Phi) is 7.25. The molecule has 1 amide bonds. The molecule has 0 unspecified atom stereocenters. The van der Waals surface area contributed by atoms with Crippen LogP contribution in [0.5, 0.6) is 0 Å². The van der Waals surface area contributed by atoms with E-state index in [2.05, 4.69) is 5.32 Å². The van der Waals surface area contributed by atoms with E-state index in [1.807, 2.05) is 39.0 Å². The normalized spacial score (nSPS) is 12.0. The number of nitrogens with one attached hydrogen (secondary N) is 1. The van der Waals surface area contributed by atoms with E-state index >= 15 is 0 Å². The Hall–Kier alpha value is -3.48. The number of rotatable bonds is 7. The average Bonchev–Trinajstić information content (AvgIpc) is 2.67. The minimum atomic E-state index is -1.03. The number of nitrogens with zero attached hydrogens (tertiary/aromatic N) is 1. The largest absolute Gasteiger partial charge is 0.449 e. The highest BCUT2D eigenvalue weighted by atomic mass is 16.6. The van der Waals surface area contributed by atoms with Gasteiger partial charge >= 0.3 is 5.97 Å². The summed E-state index contributed by atoms with van der Waals surface area (Å²) in [6, 6.07) is 11.8. The Morgan fingerprint density at radius 3 is 2.45 bits per heavy atom. The fourth-order valence-electron chi connectivity index (χ4n) is 2.79. The molecule has 0 aliphatic rings. The molecule has 2 rings (SSSR count). The average molecular weight is 396 g/mol. The summed E-state index contributed by atoms with van der Waals surface area (Å²) >= 11 is 0. The van der Waals surface area contributed by atoms with Gasteiger partial charge in [0.05, 0.1) is 10.5 Å². The zero-order chi connectivity index (χ0) is 21.6. The molecule has 1 atom stereocenters. The molecule has 0 heterocycles. The molecule has 0 aromatic heterocycles. The van der Waals surface area contributed by atoms with E-state index in [1.165, 1.54) is 31.2 Å². The highest BCUT2D eigenvalue weighted by Crippen LogP contribution is 2.27. The molecule has 0 aliphatic heterocycles. The molecule has 0 spiro atoms. The first-order chi connectivity index (χ1) is 13.7. The van der Waals surface area contributed by atoms with E-state index in [0.29, 0.717) is 5.69 Å². The lowest BCUT2D eigenvalue weighted by molar-refractivity contribution is -0.385. The number of nitro groups is 1. The minimum absolute atomic E-state index is 0.122. The first-order valence-corrected chi connectivity index (χ1v) is 9.23. The molecule has 7 nitrogen and oxygen atoms in total. The number of esters is 1. The van der Waals surface area contributed by atoms with Gasteiger partial charge in [0, 0.05) is 17.8 Å².